The summed E-state index contributed by atoms with van der Waals surface area (Å²) in [5.41, 5.74) is 0.404. The Labute approximate surface area is 165 Å². The quantitative estimate of drug-likeness (QED) is 0.440. The van der Waals surface area contributed by atoms with Crippen molar-refractivity contribution in [3.05, 3.63) is 0 Å². The first-order valence-corrected chi connectivity index (χ1v) is 11.7. The molecule has 1 fully saturated rings. The zero-order chi connectivity index (χ0) is 20.0. The van der Waals surface area contributed by atoms with Crippen molar-refractivity contribution < 1.29 is 5.11 Å². The topological polar surface area (TPSA) is 20.2 Å². The molecule has 0 aromatic rings. The Balaban J connectivity index is 2.67. The molecule has 1 aliphatic carbocycles. The van der Waals surface area contributed by atoms with E-state index >= 15 is 0 Å². The number of aliphatic hydroxyl groups excluding tert-OH is 1. The van der Waals surface area contributed by atoms with Gasteiger partial charge < -0.3 is 5.11 Å². The van der Waals surface area contributed by atoms with Crippen LogP contribution in [0.15, 0.2) is 0 Å². The molecule has 3 unspecified atom stereocenters. The number of aliphatic hydroxyl groups is 1. The van der Waals surface area contributed by atoms with Gasteiger partial charge in [0.1, 0.15) is 0 Å². The van der Waals surface area contributed by atoms with Crippen LogP contribution in [0.25, 0.3) is 0 Å². The van der Waals surface area contributed by atoms with Gasteiger partial charge in [-0.1, -0.05) is 107 Å². The average molecular weight is 367 g/mol. The second-order valence-corrected chi connectivity index (χ2v) is 11.5. The van der Waals surface area contributed by atoms with E-state index in [2.05, 4.69) is 55.4 Å². The average Bonchev–Trinajstić information content (AvgIpc) is 2.51. The minimum Gasteiger partial charge on any atom is -0.393 e. The van der Waals surface area contributed by atoms with E-state index in [0.29, 0.717) is 11.8 Å². The third-order valence-electron chi connectivity index (χ3n) is 7.11. The van der Waals surface area contributed by atoms with Crippen molar-refractivity contribution in [3.63, 3.8) is 0 Å². The molecule has 0 heterocycles. The zero-order valence-corrected chi connectivity index (χ0v) is 19.4. The van der Waals surface area contributed by atoms with Crippen LogP contribution < -0.4 is 0 Å². The van der Waals surface area contributed by atoms with Crippen molar-refractivity contribution in [2.24, 2.45) is 34.5 Å². The lowest BCUT2D eigenvalue weighted by molar-refractivity contribution is -0.0848. The van der Waals surface area contributed by atoms with Crippen molar-refractivity contribution in [2.45, 2.75) is 126 Å². The van der Waals surface area contributed by atoms with Gasteiger partial charge in [0, 0.05) is 0 Å². The molecule has 1 saturated carbocycles. The maximum atomic E-state index is 11.1. The van der Waals surface area contributed by atoms with E-state index in [1.54, 1.807) is 0 Å². The molecule has 0 amide bonds. The largest absolute Gasteiger partial charge is 0.393 e. The normalized spacial score (nSPS) is 29.0. The highest BCUT2D eigenvalue weighted by Crippen LogP contribution is 2.49. The summed E-state index contributed by atoms with van der Waals surface area (Å²) in [4.78, 5) is 0. The lowest BCUT2D eigenvalue weighted by atomic mass is 9.58. The van der Waals surface area contributed by atoms with Gasteiger partial charge in [0.2, 0.25) is 0 Å². The summed E-state index contributed by atoms with van der Waals surface area (Å²) >= 11 is 0. The maximum Gasteiger partial charge on any atom is 0.0606 e. The molecule has 1 heteroatoms. The predicted octanol–water partition coefficient (Wildman–Crippen LogP) is 7.86. The van der Waals surface area contributed by atoms with Crippen molar-refractivity contribution in [2.75, 3.05) is 0 Å². The molecule has 3 atom stereocenters. The minimum absolute atomic E-state index is 0.136. The molecule has 1 aliphatic rings. The van der Waals surface area contributed by atoms with E-state index in [0.717, 1.165) is 11.8 Å². The lowest BCUT2D eigenvalue weighted by Gasteiger charge is -2.49. The van der Waals surface area contributed by atoms with Crippen LogP contribution in [-0.2, 0) is 0 Å². The van der Waals surface area contributed by atoms with Crippen molar-refractivity contribution >= 4 is 0 Å². The molecule has 1 N–H and O–H groups in total. The van der Waals surface area contributed by atoms with Crippen LogP contribution in [0.4, 0.5) is 0 Å². The van der Waals surface area contributed by atoms with Gasteiger partial charge >= 0.3 is 0 Å². The molecule has 1 nitrogen and oxygen atoms in total. The van der Waals surface area contributed by atoms with E-state index in [9.17, 15) is 5.11 Å². The molecular weight excluding hydrogens is 316 g/mol. The predicted molar refractivity (Wildman–Crippen MR) is 116 cm³/mol. The third kappa shape index (κ3) is 7.53. The fraction of sp³-hybridized carbons (Fsp3) is 1.00. The Morgan fingerprint density at radius 2 is 1.27 bits per heavy atom. The Bertz CT molecular complexity index is 349. The molecule has 0 aromatic carbocycles. The van der Waals surface area contributed by atoms with Crippen molar-refractivity contribution in [1.82, 2.24) is 0 Å². The summed E-state index contributed by atoms with van der Waals surface area (Å²) in [5, 5.41) is 11.1. The van der Waals surface area contributed by atoms with Gasteiger partial charge in [-0.25, -0.2) is 0 Å². The summed E-state index contributed by atoms with van der Waals surface area (Å²) in [6, 6.07) is 0. The summed E-state index contributed by atoms with van der Waals surface area (Å²) in [5.74, 6) is 2.64. The Hall–Kier alpha value is -0.0400. The van der Waals surface area contributed by atoms with Gasteiger partial charge in [-0.2, -0.15) is 0 Å². The summed E-state index contributed by atoms with van der Waals surface area (Å²) in [7, 11) is 0. The van der Waals surface area contributed by atoms with E-state index < -0.39 is 0 Å². The van der Waals surface area contributed by atoms with Gasteiger partial charge in [-0.05, 0) is 47.3 Å². The first-order chi connectivity index (χ1) is 12.0. The van der Waals surface area contributed by atoms with Gasteiger partial charge in [-0.3, -0.25) is 0 Å². The lowest BCUT2D eigenvalue weighted by Crippen LogP contribution is -2.47. The van der Waals surface area contributed by atoms with Crippen LogP contribution >= 0.6 is 0 Å². The standard InChI is InChI=1S/C25H50O/c1-9-11-14-19(13-10-2)15-12-16-20-17-21(24(3,4)5)23(26)22(18-20)25(6,7)8/h19-23,26H,9-18H2,1-8H3. The van der Waals surface area contributed by atoms with E-state index in [4.69, 9.17) is 0 Å². The van der Waals surface area contributed by atoms with Crippen LogP contribution in [0, 0.1) is 34.5 Å². The summed E-state index contributed by atoms with van der Waals surface area (Å²) < 4.78 is 0. The van der Waals surface area contributed by atoms with E-state index in [1.165, 1.54) is 64.2 Å². The van der Waals surface area contributed by atoms with Crippen molar-refractivity contribution in [3.8, 4) is 0 Å². The molecule has 0 aliphatic heterocycles. The molecule has 0 bridgehead atoms. The van der Waals surface area contributed by atoms with E-state index in [-0.39, 0.29) is 16.9 Å². The monoisotopic (exact) mass is 366 g/mol. The number of hydrogen-bond acceptors (Lipinski definition) is 1. The van der Waals surface area contributed by atoms with Gasteiger partial charge in [0.25, 0.3) is 0 Å². The fourth-order valence-electron chi connectivity index (χ4n) is 5.37. The highest BCUT2D eigenvalue weighted by Gasteiger charge is 2.45. The molecule has 0 saturated heterocycles. The molecule has 0 spiro atoms. The van der Waals surface area contributed by atoms with Crippen molar-refractivity contribution in [1.29, 1.82) is 0 Å². The first-order valence-electron chi connectivity index (χ1n) is 11.7. The van der Waals surface area contributed by atoms with Crippen LogP contribution in [0.5, 0.6) is 0 Å². The molecule has 0 radical (unpaired) electrons. The fourth-order valence-corrected chi connectivity index (χ4v) is 5.37. The third-order valence-corrected chi connectivity index (χ3v) is 7.11. The first kappa shape index (κ1) is 24.0. The highest BCUT2D eigenvalue weighted by atomic mass is 16.3. The van der Waals surface area contributed by atoms with Crippen LogP contribution in [-0.4, -0.2) is 11.2 Å². The van der Waals surface area contributed by atoms with Gasteiger partial charge in [-0.15, -0.1) is 0 Å². The van der Waals surface area contributed by atoms with Gasteiger partial charge in [0.05, 0.1) is 6.10 Å². The van der Waals surface area contributed by atoms with Gasteiger partial charge in [0.15, 0.2) is 0 Å². The molecule has 1 rings (SSSR count). The zero-order valence-electron chi connectivity index (χ0n) is 19.4. The van der Waals surface area contributed by atoms with Crippen LogP contribution in [0.3, 0.4) is 0 Å². The Kier molecular flexibility index (Phi) is 9.68. The smallest absolute Gasteiger partial charge is 0.0606 e. The Morgan fingerprint density at radius 1 is 0.769 bits per heavy atom. The highest BCUT2D eigenvalue weighted by molar-refractivity contribution is 4.95. The van der Waals surface area contributed by atoms with E-state index in [1.807, 2.05) is 0 Å². The molecule has 0 aromatic heterocycles. The molecule has 156 valence electrons. The Morgan fingerprint density at radius 3 is 1.69 bits per heavy atom. The maximum absolute atomic E-state index is 11.1. The minimum atomic E-state index is -0.136. The number of unbranched alkanes of at least 4 members (excludes halogenated alkanes) is 1. The summed E-state index contributed by atoms with van der Waals surface area (Å²) in [6.45, 7) is 18.6. The van der Waals surface area contributed by atoms with Crippen LogP contribution in [0.2, 0.25) is 0 Å². The number of hydrogen-bond donors (Lipinski definition) is 1. The van der Waals surface area contributed by atoms with Crippen LogP contribution in [0.1, 0.15) is 120 Å². The second kappa shape index (κ2) is 10.5. The second-order valence-electron chi connectivity index (χ2n) is 11.5. The summed E-state index contributed by atoms with van der Waals surface area (Å²) in [6.07, 6.45) is 13.4. The SMILES string of the molecule is CCCCC(CCC)CCCC1CC(C(C)(C)C)C(O)C(C(C)(C)C)C1. The number of rotatable bonds is 9. The molecule has 26 heavy (non-hydrogen) atoms. The molecular formula is C25H50O.